The van der Waals surface area contributed by atoms with Crippen LogP contribution in [0.1, 0.15) is 77.1 Å². The van der Waals surface area contributed by atoms with Crippen molar-refractivity contribution in [2.24, 2.45) is 11.8 Å². The molecule has 4 atom stereocenters. The van der Waals surface area contributed by atoms with Crippen molar-refractivity contribution in [1.29, 1.82) is 0 Å². The Bertz CT molecular complexity index is 1900. The third kappa shape index (κ3) is 7.80. The number of H-pyrrole nitrogens is 2. The van der Waals surface area contributed by atoms with Gasteiger partial charge in [0, 0.05) is 24.2 Å². The summed E-state index contributed by atoms with van der Waals surface area (Å²) in [6.07, 6.45) is 4.54. The third-order valence-corrected chi connectivity index (χ3v) is 10.2. The third-order valence-electron chi connectivity index (χ3n) is 10.2. The zero-order valence-electron chi connectivity index (χ0n) is 30.7. The molecule has 6 N–H and O–H groups in total. The van der Waals surface area contributed by atoms with Gasteiger partial charge in [-0.3, -0.25) is 9.59 Å². The monoisotopic (exact) mass is 744 g/mol. The van der Waals surface area contributed by atoms with Gasteiger partial charge in [0.2, 0.25) is 11.8 Å². The highest BCUT2D eigenvalue weighted by Crippen LogP contribution is 2.36. The normalized spacial score (nSPS) is 18.3. The lowest BCUT2D eigenvalue weighted by Gasteiger charge is -2.30. The first-order valence-corrected chi connectivity index (χ1v) is 18.2. The van der Waals surface area contributed by atoms with Gasteiger partial charge in [0.1, 0.15) is 35.4 Å². The molecule has 6 rings (SSSR count). The molecule has 2 aliphatic rings. The first kappa shape index (κ1) is 38.0. The molecule has 15 heteroatoms. The number of benzene rings is 2. The molecule has 4 aromatic rings. The fourth-order valence-corrected chi connectivity index (χ4v) is 7.44. The number of aromatic amines is 2. The Labute approximate surface area is 311 Å². The number of carbonyl (C=O) groups excluding carboxylic acids is 2. The van der Waals surface area contributed by atoms with E-state index < -0.39 is 35.9 Å². The van der Waals surface area contributed by atoms with Gasteiger partial charge in [-0.15, -0.1) is 0 Å². The second-order valence-corrected chi connectivity index (χ2v) is 14.6. The van der Waals surface area contributed by atoms with Gasteiger partial charge in [0.05, 0.1) is 35.9 Å². The van der Waals surface area contributed by atoms with Gasteiger partial charge < -0.3 is 40.6 Å². The van der Waals surface area contributed by atoms with Crippen LogP contribution < -0.4 is 10.6 Å². The van der Waals surface area contributed by atoms with Crippen molar-refractivity contribution in [3.8, 4) is 33.6 Å². The molecule has 0 saturated carbocycles. The Kier molecular flexibility index (Phi) is 11.1. The molecule has 2 aromatic carbocycles. The second-order valence-electron chi connectivity index (χ2n) is 14.6. The highest BCUT2D eigenvalue weighted by Gasteiger charge is 2.38. The molecule has 0 radical (unpaired) electrons. The van der Waals surface area contributed by atoms with Crippen molar-refractivity contribution >= 4 is 17.9 Å². The predicted molar refractivity (Wildman–Crippen MR) is 198 cm³/mol. The average Bonchev–Trinajstić information content (AvgIpc) is 3.95. The zero-order valence-corrected chi connectivity index (χ0v) is 30.7. The molecule has 0 bridgehead atoms. The lowest BCUT2D eigenvalue weighted by atomic mass is 10.00. The minimum Gasteiger partial charge on any atom is -0.495 e. The summed E-state index contributed by atoms with van der Waals surface area (Å²) in [6, 6.07) is 6.92. The highest BCUT2D eigenvalue weighted by atomic mass is 19.1. The van der Waals surface area contributed by atoms with Crippen LogP contribution >= 0.6 is 0 Å². The molecule has 0 aliphatic carbocycles. The van der Waals surface area contributed by atoms with Crippen LogP contribution in [0, 0.1) is 23.5 Å². The molecular formula is C39H46F2N8O5. The number of hydrogen-bond acceptors (Lipinski definition) is 7. The van der Waals surface area contributed by atoms with E-state index in [1.54, 1.807) is 47.9 Å². The van der Waals surface area contributed by atoms with Crippen LogP contribution in [0.5, 0.6) is 0 Å². The molecule has 13 nitrogen and oxygen atoms in total. The van der Waals surface area contributed by atoms with Crippen molar-refractivity contribution in [2.45, 2.75) is 77.5 Å². The van der Waals surface area contributed by atoms with Gasteiger partial charge in [0.15, 0.2) is 5.88 Å². The van der Waals surface area contributed by atoms with Crippen molar-refractivity contribution in [3.05, 3.63) is 84.5 Å². The molecule has 2 aromatic heterocycles. The predicted octanol–water partition coefficient (Wildman–Crippen LogP) is 6.67. The van der Waals surface area contributed by atoms with Crippen LogP contribution in [0.2, 0.25) is 0 Å². The highest BCUT2D eigenvalue weighted by molar-refractivity contribution is 5.86. The maximum Gasteiger partial charge on any atom is 0.405 e. The number of amides is 3. The number of carboxylic acid groups (broad SMARTS) is 1. The summed E-state index contributed by atoms with van der Waals surface area (Å²) >= 11 is 0. The van der Waals surface area contributed by atoms with Gasteiger partial charge >= 0.3 is 6.09 Å². The van der Waals surface area contributed by atoms with Crippen LogP contribution in [-0.2, 0) is 9.59 Å². The van der Waals surface area contributed by atoms with Gasteiger partial charge in [-0.25, -0.2) is 23.5 Å². The largest absolute Gasteiger partial charge is 0.495 e. The molecule has 0 unspecified atom stereocenters. The van der Waals surface area contributed by atoms with E-state index in [1.807, 2.05) is 13.8 Å². The number of carbonyl (C=O) groups is 3. The summed E-state index contributed by atoms with van der Waals surface area (Å²) in [5, 5.41) is 24.0. The number of aliphatic hydroxyl groups is 1. The fourth-order valence-electron chi connectivity index (χ4n) is 7.44. The molecule has 2 aliphatic heterocycles. The molecule has 3 amide bonds. The maximum atomic E-state index is 15.6. The molecule has 54 heavy (non-hydrogen) atoms. The quantitative estimate of drug-likeness (QED) is 0.0871. The number of halogens is 2. The molecule has 286 valence electrons. The van der Waals surface area contributed by atoms with E-state index >= 15 is 8.78 Å². The summed E-state index contributed by atoms with van der Waals surface area (Å²) < 4.78 is 31.3. The van der Waals surface area contributed by atoms with Gasteiger partial charge in [-0.1, -0.05) is 39.8 Å². The zero-order chi connectivity index (χ0) is 38.8. The van der Waals surface area contributed by atoms with Gasteiger partial charge in [0.25, 0.3) is 0 Å². The average molecular weight is 745 g/mol. The van der Waals surface area contributed by atoms with Gasteiger partial charge in [-0.05, 0) is 79.5 Å². The standard InChI is InChI=1S/C39H46F2N8O5/c1-20(2)33(44-22(5)50)37(51)48-14-6-8-31(48)35-42-18-29(45-35)25-12-10-23(16-27(25)40)24-11-13-26(28(41)17-24)30-19-43-36(46-30)32-9-7-15-49(32)38(52)34(21(3)4)47-39(53)54/h10-13,16-21,31-34,44,47,50H,5-9,14-15H2,1-4H3,(H,42,45)(H,43,46)(H,53,54)/t31-,32-,33-,34-/m0/s1. The maximum absolute atomic E-state index is 15.6. The van der Waals surface area contributed by atoms with Crippen LogP contribution in [0.4, 0.5) is 13.6 Å². The topological polar surface area (TPSA) is 180 Å². The molecular weight excluding hydrogens is 698 g/mol. The van der Waals surface area contributed by atoms with Crippen molar-refractivity contribution in [1.82, 2.24) is 40.4 Å². The van der Waals surface area contributed by atoms with Crippen molar-refractivity contribution < 1.29 is 33.4 Å². The van der Waals surface area contributed by atoms with E-state index in [2.05, 4.69) is 37.1 Å². The van der Waals surface area contributed by atoms with E-state index in [-0.39, 0.29) is 46.7 Å². The summed E-state index contributed by atoms with van der Waals surface area (Å²) in [4.78, 5) is 56.8. The Morgan fingerprint density at radius 3 is 1.56 bits per heavy atom. The first-order valence-electron chi connectivity index (χ1n) is 18.2. The lowest BCUT2D eigenvalue weighted by Crippen LogP contribution is -2.50. The lowest BCUT2D eigenvalue weighted by molar-refractivity contribution is -0.136. The minimum atomic E-state index is -1.27. The Morgan fingerprint density at radius 2 is 1.19 bits per heavy atom. The number of aliphatic hydroxyl groups excluding tert-OH is 1. The molecule has 4 heterocycles. The number of nitrogens with zero attached hydrogens (tertiary/aromatic N) is 4. The van der Waals surface area contributed by atoms with Crippen molar-refractivity contribution in [3.63, 3.8) is 0 Å². The number of nitrogens with one attached hydrogen (secondary N) is 4. The Morgan fingerprint density at radius 1 is 0.759 bits per heavy atom. The molecule has 2 saturated heterocycles. The number of imidazole rings is 2. The smallest absolute Gasteiger partial charge is 0.405 e. The summed E-state index contributed by atoms with van der Waals surface area (Å²) in [7, 11) is 0. The van der Waals surface area contributed by atoms with Gasteiger partial charge in [-0.2, -0.15) is 0 Å². The Hall–Kier alpha value is -5.73. The molecule has 2 fully saturated rings. The van der Waals surface area contributed by atoms with Crippen LogP contribution in [0.15, 0.2) is 61.3 Å². The van der Waals surface area contributed by atoms with E-state index in [1.165, 1.54) is 24.5 Å². The second kappa shape index (κ2) is 15.7. The number of hydrogen-bond donors (Lipinski definition) is 6. The van der Waals surface area contributed by atoms with E-state index in [0.717, 1.165) is 6.42 Å². The summed E-state index contributed by atoms with van der Waals surface area (Å²) in [6.45, 7) is 11.7. The summed E-state index contributed by atoms with van der Waals surface area (Å²) in [5.74, 6) is -1.23. The number of rotatable bonds is 12. The molecule has 0 spiro atoms. The Balaban J connectivity index is 1.16. The SMILES string of the molecule is C=C(O)N[C@H](C(=O)N1CCC[C@H]1c1ncc(-c2ccc(-c3ccc(-c4cnc([C@@H]5CCCN5C(=O)[C@@H](NC(=O)O)C(C)C)[nH]4)c(F)c3)cc2F)[nH]1)C(C)C. The minimum absolute atomic E-state index is 0.105. The van der Waals surface area contributed by atoms with Crippen LogP contribution in [0.25, 0.3) is 33.6 Å². The van der Waals surface area contributed by atoms with E-state index in [9.17, 15) is 24.6 Å². The summed E-state index contributed by atoms with van der Waals surface area (Å²) in [5.41, 5.74) is 2.29. The van der Waals surface area contributed by atoms with E-state index in [0.29, 0.717) is 66.5 Å². The van der Waals surface area contributed by atoms with Crippen LogP contribution in [0.3, 0.4) is 0 Å². The fraction of sp³-hybridized carbons (Fsp3) is 0.410. The number of likely N-dealkylation sites (tertiary alicyclic amines) is 2. The number of aromatic nitrogens is 4. The van der Waals surface area contributed by atoms with Crippen LogP contribution in [-0.4, -0.2) is 83.0 Å². The van der Waals surface area contributed by atoms with E-state index in [4.69, 9.17) is 0 Å². The first-order chi connectivity index (χ1) is 25.7. The van der Waals surface area contributed by atoms with Crippen molar-refractivity contribution in [2.75, 3.05) is 13.1 Å².